The molecule has 0 radical (unpaired) electrons. The number of aliphatic hydroxyl groups excluding tert-OH is 1. The summed E-state index contributed by atoms with van der Waals surface area (Å²) in [4.78, 5) is 29.1. The molecule has 2 heterocycles. The van der Waals surface area contributed by atoms with Gasteiger partial charge >= 0.3 is 6.18 Å². The Hall–Kier alpha value is -3.84. The lowest BCUT2D eigenvalue weighted by Gasteiger charge is -2.35. The maximum absolute atomic E-state index is 14.1. The first-order valence-corrected chi connectivity index (χ1v) is 16.6. The number of halogens is 5. The molecule has 2 amide bonds. The fourth-order valence-corrected chi connectivity index (χ4v) is 6.63. The average Bonchev–Trinajstić information content (AvgIpc) is 3.72. The summed E-state index contributed by atoms with van der Waals surface area (Å²) in [6.45, 7) is 4.69. The number of aromatic nitrogens is 2. The standard InChI is InChI=1S/C35H42F5N5O3/c1-3-8-27-11-5-6-14-44(27)33(48)30-20-29(43-45(30)4-2)32(47)42-28(17-22-15-25(36)19-26(37)16-22)31(46)21-41-34(12-13-34)23-9-7-10-24(18-23)35(38,39)40/h7,9-10,15-16,18-20,27-28,31,41,46H,3-6,8,11-14,17,21H2,1-2H3,(H,42,47)/t27?,28-,31+/m0/s1. The normalized spacial score (nSPS) is 18.8. The van der Waals surface area contributed by atoms with Crippen LogP contribution in [0, 0.1) is 11.6 Å². The predicted molar refractivity (Wildman–Crippen MR) is 169 cm³/mol. The molecular weight excluding hydrogens is 633 g/mol. The second-order valence-corrected chi connectivity index (χ2v) is 12.8. The summed E-state index contributed by atoms with van der Waals surface area (Å²) in [6, 6.07) is 8.37. The van der Waals surface area contributed by atoms with Crippen LogP contribution in [-0.4, -0.2) is 62.9 Å². The second-order valence-electron chi connectivity index (χ2n) is 12.8. The number of hydrogen-bond donors (Lipinski definition) is 3. The third kappa shape index (κ3) is 8.23. The smallest absolute Gasteiger partial charge is 0.390 e. The Morgan fingerprint density at radius 2 is 1.79 bits per heavy atom. The first-order valence-electron chi connectivity index (χ1n) is 16.6. The highest BCUT2D eigenvalue weighted by atomic mass is 19.4. The van der Waals surface area contributed by atoms with E-state index in [-0.39, 0.29) is 41.9 Å². The minimum absolute atomic E-state index is 0.0533. The molecule has 5 rings (SSSR count). The van der Waals surface area contributed by atoms with Gasteiger partial charge in [0, 0.05) is 43.3 Å². The number of hydrogen-bond acceptors (Lipinski definition) is 5. The zero-order chi connectivity index (χ0) is 34.6. The van der Waals surface area contributed by atoms with Crippen molar-refractivity contribution >= 4 is 11.8 Å². The van der Waals surface area contributed by atoms with E-state index >= 15 is 0 Å². The number of piperidine rings is 1. The van der Waals surface area contributed by atoms with Crippen molar-refractivity contribution in [3.05, 3.63) is 88.2 Å². The fraction of sp³-hybridized carbons (Fsp3) is 0.514. The van der Waals surface area contributed by atoms with Crippen LogP contribution in [0.3, 0.4) is 0 Å². The number of nitrogens with zero attached hydrogens (tertiary/aromatic N) is 3. The van der Waals surface area contributed by atoms with Gasteiger partial charge in [0.15, 0.2) is 5.69 Å². The third-order valence-corrected chi connectivity index (χ3v) is 9.34. The van der Waals surface area contributed by atoms with Crippen LogP contribution in [0.4, 0.5) is 22.0 Å². The van der Waals surface area contributed by atoms with E-state index in [4.69, 9.17) is 0 Å². The Morgan fingerprint density at radius 1 is 1.06 bits per heavy atom. The summed E-state index contributed by atoms with van der Waals surface area (Å²) < 4.78 is 69.8. The summed E-state index contributed by atoms with van der Waals surface area (Å²) in [5, 5.41) is 21.6. The first-order chi connectivity index (χ1) is 22.8. The molecule has 1 aliphatic carbocycles. The van der Waals surface area contributed by atoms with Gasteiger partial charge in [-0.05, 0) is 87.3 Å². The van der Waals surface area contributed by atoms with Gasteiger partial charge in [0.1, 0.15) is 17.3 Å². The molecule has 1 saturated heterocycles. The van der Waals surface area contributed by atoms with Crippen molar-refractivity contribution in [3.63, 3.8) is 0 Å². The Bertz CT molecular complexity index is 1580. The van der Waals surface area contributed by atoms with Gasteiger partial charge in [-0.2, -0.15) is 18.3 Å². The van der Waals surface area contributed by atoms with Crippen molar-refractivity contribution in [3.8, 4) is 0 Å². The van der Waals surface area contributed by atoms with E-state index in [2.05, 4.69) is 22.7 Å². The van der Waals surface area contributed by atoms with Crippen LogP contribution in [0.5, 0.6) is 0 Å². The minimum atomic E-state index is -4.51. The highest BCUT2D eigenvalue weighted by molar-refractivity contribution is 5.98. The lowest BCUT2D eigenvalue weighted by atomic mass is 9.97. The monoisotopic (exact) mass is 675 g/mol. The van der Waals surface area contributed by atoms with Crippen molar-refractivity contribution in [1.82, 2.24) is 25.3 Å². The molecule has 1 unspecified atom stereocenters. The van der Waals surface area contributed by atoms with Crippen molar-refractivity contribution in [2.45, 2.75) is 102 Å². The van der Waals surface area contributed by atoms with Gasteiger partial charge in [-0.25, -0.2) is 8.78 Å². The van der Waals surface area contributed by atoms with Gasteiger partial charge in [-0.1, -0.05) is 25.5 Å². The number of likely N-dealkylation sites (tertiary alicyclic amines) is 1. The average molecular weight is 676 g/mol. The van der Waals surface area contributed by atoms with Gasteiger partial charge in [-0.3, -0.25) is 14.3 Å². The predicted octanol–water partition coefficient (Wildman–Crippen LogP) is 5.98. The second kappa shape index (κ2) is 14.7. The molecule has 2 fully saturated rings. The van der Waals surface area contributed by atoms with E-state index in [1.54, 1.807) is 13.0 Å². The molecule has 0 bridgehead atoms. The number of carbonyl (C=O) groups is 2. The molecule has 1 aromatic heterocycles. The van der Waals surface area contributed by atoms with Gasteiger partial charge in [0.2, 0.25) is 0 Å². The van der Waals surface area contributed by atoms with Crippen LogP contribution in [0.15, 0.2) is 48.5 Å². The van der Waals surface area contributed by atoms with Crippen LogP contribution in [0.1, 0.15) is 96.5 Å². The summed E-state index contributed by atoms with van der Waals surface area (Å²) in [5.41, 5.74) is -0.748. The van der Waals surface area contributed by atoms with Crippen LogP contribution >= 0.6 is 0 Å². The van der Waals surface area contributed by atoms with E-state index in [9.17, 15) is 36.6 Å². The molecule has 48 heavy (non-hydrogen) atoms. The Morgan fingerprint density at radius 3 is 2.44 bits per heavy atom. The molecule has 260 valence electrons. The van der Waals surface area contributed by atoms with E-state index in [0.717, 1.165) is 56.4 Å². The van der Waals surface area contributed by atoms with Crippen molar-refractivity contribution in [2.75, 3.05) is 13.1 Å². The van der Waals surface area contributed by atoms with Crippen molar-refractivity contribution in [2.24, 2.45) is 0 Å². The van der Waals surface area contributed by atoms with E-state index in [1.807, 2.05) is 4.90 Å². The van der Waals surface area contributed by atoms with E-state index in [0.29, 0.717) is 37.6 Å². The highest BCUT2D eigenvalue weighted by Crippen LogP contribution is 2.46. The Labute approximate surface area is 276 Å². The molecule has 1 aliphatic heterocycles. The summed E-state index contributed by atoms with van der Waals surface area (Å²) in [5.74, 6) is -2.55. The van der Waals surface area contributed by atoms with Crippen molar-refractivity contribution < 1.29 is 36.6 Å². The largest absolute Gasteiger partial charge is 0.416 e. The fourth-order valence-electron chi connectivity index (χ4n) is 6.63. The molecule has 0 spiro atoms. The number of nitrogens with one attached hydrogen (secondary N) is 2. The number of carbonyl (C=O) groups excluding carboxylic acids is 2. The number of amides is 2. The lowest BCUT2D eigenvalue weighted by molar-refractivity contribution is -0.137. The molecule has 13 heteroatoms. The van der Waals surface area contributed by atoms with Crippen molar-refractivity contribution in [1.29, 1.82) is 0 Å². The van der Waals surface area contributed by atoms with E-state index in [1.165, 1.54) is 16.8 Å². The molecule has 3 N–H and O–H groups in total. The minimum Gasteiger partial charge on any atom is -0.390 e. The number of alkyl halides is 3. The van der Waals surface area contributed by atoms with Gasteiger partial charge in [0.05, 0.1) is 17.7 Å². The summed E-state index contributed by atoms with van der Waals surface area (Å²) in [6.07, 6.45) is -0.256. The quantitative estimate of drug-likeness (QED) is 0.194. The number of aryl methyl sites for hydroxylation is 1. The Kier molecular flexibility index (Phi) is 10.9. The zero-order valence-electron chi connectivity index (χ0n) is 27.1. The summed E-state index contributed by atoms with van der Waals surface area (Å²) in [7, 11) is 0. The number of aliphatic hydroxyl groups is 1. The number of rotatable bonds is 13. The maximum atomic E-state index is 14.1. The molecule has 2 aliphatic rings. The topological polar surface area (TPSA) is 99.5 Å². The molecule has 3 aromatic rings. The maximum Gasteiger partial charge on any atom is 0.416 e. The molecule has 2 aromatic carbocycles. The van der Waals surface area contributed by atoms with Crippen LogP contribution in [0.2, 0.25) is 0 Å². The van der Waals surface area contributed by atoms with Crippen LogP contribution in [0.25, 0.3) is 0 Å². The zero-order valence-corrected chi connectivity index (χ0v) is 27.1. The van der Waals surface area contributed by atoms with Crippen LogP contribution in [-0.2, 0) is 24.7 Å². The third-order valence-electron chi connectivity index (χ3n) is 9.34. The Balaban J connectivity index is 1.35. The number of benzene rings is 2. The van der Waals surface area contributed by atoms with E-state index < -0.39 is 47.0 Å². The van der Waals surface area contributed by atoms with Gasteiger partial charge in [-0.15, -0.1) is 0 Å². The van der Waals surface area contributed by atoms with Gasteiger partial charge in [0.25, 0.3) is 11.8 Å². The molecular formula is C35H42F5N5O3. The summed E-state index contributed by atoms with van der Waals surface area (Å²) >= 11 is 0. The first kappa shape index (κ1) is 35.5. The molecule has 8 nitrogen and oxygen atoms in total. The highest BCUT2D eigenvalue weighted by Gasteiger charge is 2.45. The van der Waals surface area contributed by atoms with Crippen LogP contribution < -0.4 is 10.6 Å². The van der Waals surface area contributed by atoms with Gasteiger partial charge < -0.3 is 20.6 Å². The molecule has 3 atom stereocenters. The lowest BCUT2D eigenvalue weighted by Crippen LogP contribution is -2.50. The molecule has 1 saturated carbocycles. The SMILES string of the molecule is CCCC1CCCCN1C(=O)c1cc(C(=O)N[C@@H](Cc2cc(F)cc(F)c2)[C@H](O)CNC2(c3cccc(C(F)(F)F)c3)CC2)nn1CC.